The Hall–Kier alpha value is -2.18. The standard InChI is InChI=1S/C19H24N2O4/c1-4-15-17(14-8-6-5-7-9-14)25-18(20-15)13(2)21-10-11-24-16(12-21)19(22)23-3/h5-9,13,16H,4,10-12H2,1-3H3. The van der Waals surface area contributed by atoms with E-state index in [1.807, 2.05) is 37.3 Å². The van der Waals surface area contributed by atoms with Crippen molar-refractivity contribution in [3.8, 4) is 11.3 Å². The van der Waals surface area contributed by atoms with E-state index in [0.717, 1.165) is 30.0 Å². The lowest BCUT2D eigenvalue weighted by atomic mass is 10.1. The topological polar surface area (TPSA) is 64.8 Å². The number of carbonyl (C=O) groups excluding carboxylic acids is 1. The van der Waals surface area contributed by atoms with Gasteiger partial charge in [0.1, 0.15) is 0 Å². The molecule has 134 valence electrons. The van der Waals surface area contributed by atoms with Crippen LogP contribution in [0, 0.1) is 0 Å². The molecular formula is C19H24N2O4. The third-order valence-electron chi connectivity index (χ3n) is 4.55. The van der Waals surface area contributed by atoms with Crippen molar-refractivity contribution in [2.45, 2.75) is 32.4 Å². The molecule has 0 spiro atoms. The third-order valence-corrected chi connectivity index (χ3v) is 4.55. The minimum Gasteiger partial charge on any atom is -0.467 e. The van der Waals surface area contributed by atoms with Crippen LogP contribution in [-0.2, 0) is 20.7 Å². The third kappa shape index (κ3) is 3.75. The van der Waals surface area contributed by atoms with Crippen molar-refractivity contribution < 1.29 is 18.7 Å². The highest BCUT2D eigenvalue weighted by molar-refractivity contribution is 5.74. The predicted octanol–water partition coefficient (Wildman–Crippen LogP) is 2.84. The molecule has 0 aliphatic carbocycles. The van der Waals surface area contributed by atoms with Gasteiger partial charge in [-0.2, -0.15) is 0 Å². The zero-order valence-corrected chi connectivity index (χ0v) is 14.9. The maximum atomic E-state index is 11.7. The molecular weight excluding hydrogens is 320 g/mol. The number of aromatic nitrogens is 1. The molecule has 0 saturated carbocycles. The van der Waals surface area contributed by atoms with Crippen LogP contribution < -0.4 is 0 Å². The Bertz CT molecular complexity index is 713. The number of hydrogen-bond acceptors (Lipinski definition) is 6. The molecule has 0 amide bonds. The number of benzene rings is 1. The van der Waals surface area contributed by atoms with Gasteiger partial charge in [-0.1, -0.05) is 37.3 Å². The zero-order chi connectivity index (χ0) is 17.8. The van der Waals surface area contributed by atoms with Crippen LogP contribution in [0.25, 0.3) is 11.3 Å². The van der Waals surface area contributed by atoms with Gasteiger partial charge in [-0.05, 0) is 13.3 Å². The molecule has 6 nitrogen and oxygen atoms in total. The molecule has 0 N–H and O–H groups in total. The Labute approximate surface area is 147 Å². The first-order valence-electron chi connectivity index (χ1n) is 8.62. The lowest BCUT2D eigenvalue weighted by Crippen LogP contribution is -2.47. The highest BCUT2D eigenvalue weighted by Gasteiger charge is 2.32. The van der Waals surface area contributed by atoms with Gasteiger partial charge in [0.15, 0.2) is 11.9 Å². The van der Waals surface area contributed by atoms with Gasteiger partial charge in [0.25, 0.3) is 0 Å². The number of esters is 1. The molecule has 1 aromatic heterocycles. The van der Waals surface area contributed by atoms with Crippen molar-refractivity contribution in [1.82, 2.24) is 9.88 Å². The van der Waals surface area contributed by atoms with E-state index in [0.29, 0.717) is 19.0 Å². The minimum atomic E-state index is -0.560. The lowest BCUT2D eigenvalue weighted by Gasteiger charge is -2.34. The molecule has 1 fully saturated rings. The summed E-state index contributed by atoms with van der Waals surface area (Å²) >= 11 is 0. The number of ether oxygens (including phenoxy) is 2. The Morgan fingerprint density at radius 3 is 2.84 bits per heavy atom. The summed E-state index contributed by atoms with van der Waals surface area (Å²) in [7, 11) is 1.38. The Morgan fingerprint density at radius 1 is 1.40 bits per heavy atom. The number of nitrogens with zero attached hydrogens (tertiary/aromatic N) is 2. The second-order valence-electron chi connectivity index (χ2n) is 6.10. The Kier molecular flexibility index (Phi) is 5.50. The molecule has 2 aromatic rings. The predicted molar refractivity (Wildman–Crippen MR) is 93.1 cm³/mol. The van der Waals surface area contributed by atoms with E-state index in [-0.39, 0.29) is 12.0 Å². The lowest BCUT2D eigenvalue weighted by molar-refractivity contribution is -0.161. The van der Waals surface area contributed by atoms with Crippen molar-refractivity contribution in [3.63, 3.8) is 0 Å². The van der Waals surface area contributed by atoms with Crippen molar-refractivity contribution in [3.05, 3.63) is 41.9 Å². The first-order chi connectivity index (χ1) is 12.1. The summed E-state index contributed by atoms with van der Waals surface area (Å²) in [6, 6.07) is 9.97. The first kappa shape index (κ1) is 17.6. The Morgan fingerprint density at radius 2 is 2.16 bits per heavy atom. The molecule has 1 aliphatic heterocycles. The maximum Gasteiger partial charge on any atom is 0.336 e. The van der Waals surface area contributed by atoms with Gasteiger partial charge in [-0.15, -0.1) is 0 Å². The maximum absolute atomic E-state index is 11.7. The van der Waals surface area contributed by atoms with Crippen molar-refractivity contribution in [2.24, 2.45) is 0 Å². The Balaban J connectivity index is 1.81. The first-order valence-corrected chi connectivity index (χ1v) is 8.62. The van der Waals surface area contributed by atoms with Crippen LogP contribution in [0.4, 0.5) is 0 Å². The summed E-state index contributed by atoms with van der Waals surface area (Å²) < 4.78 is 16.4. The number of hydrogen-bond donors (Lipinski definition) is 0. The monoisotopic (exact) mass is 344 g/mol. The van der Waals surface area contributed by atoms with E-state index in [2.05, 4.69) is 11.8 Å². The number of rotatable bonds is 5. The second kappa shape index (κ2) is 7.80. The summed E-state index contributed by atoms with van der Waals surface area (Å²) in [6.45, 7) is 5.79. The molecule has 1 aromatic carbocycles. The second-order valence-corrected chi connectivity index (χ2v) is 6.10. The van der Waals surface area contributed by atoms with Crippen LogP contribution in [0.15, 0.2) is 34.7 Å². The van der Waals surface area contributed by atoms with Gasteiger partial charge in [-0.3, -0.25) is 4.90 Å². The molecule has 1 saturated heterocycles. The van der Waals surface area contributed by atoms with E-state index < -0.39 is 6.10 Å². The smallest absolute Gasteiger partial charge is 0.336 e. The number of morpholine rings is 1. The van der Waals surface area contributed by atoms with Crippen LogP contribution >= 0.6 is 0 Å². The van der Waals surface area contributed by atoms with Gasteiger partial charge < -0.3 is 13.9 Å². The molecule has 0 bridgehead atoms. The van der Waals surface area contributed by atoms with Crippen LogP contribution in [0.1, 0.15) is 31.5 Å². The average Bonchev–Trinajstić information content (AvgIpc) is 3.12. The molecule has 2 atom stereocenters. The van der Waals surface area contributed by atoms with Gasteiger partial charge in [0, 0.05) is 18.7 Å². The van der Waals surface area contributed by atoms with E-state index in [1.54, 1.807) is 0 Å². The highest BCUT2D eigenvalue weighted by atomic mass is 16.6. The summed E-state index contributed by atoms with van der Waals surface area (Å²) in [5, 5.41) is 0. The normalized spacial score (nSPS) is 19.6. The highest BCUT2D eigenvalue weighted by Crippen LogP contribution is 2.30. The van der Waals surface area contributed by atoms with Crippen molar-refractivity contribution >= 4 is 5.97 Å². The molecule has 2 heterocycles. The van der Waals surface area contributed by atoms with Crippen molar-refractivity contribution in [2.75, 3.05) is 26.8 Å². The van der Waals surface area contributed by atoms with Crippen LogP contribution in [0.3, 0.4) is 0 Å². The summed E-state index contributed by atoms with van der Waals surface area (Å²) in [6.07, 6.45) is 0.240. The van der Waals surface area contributed by atoms with Crippen LogP contribution in [-0.4, -0.2) is 48.8 Å². The fraction of sp³-hybridized carbons (Fsp3) is 0.474. The SMILES string of the molecule is CCc1nc(C(C)N2CCOC(C(=O)OC)C2)oc1-c1ccccc1. The minimum absolute atomic E-state index is 0.0428. The van der Waals surface area contributed by atoms with E-state index in [9.17, 15) is 4.79 Å². The summed E-state index contributed by atoms with van der Waals surface area (Å²) in [5.74, 6) is 1.15. The quantitative estimate of drug-likeness (QED) is 0.777. The average molecular weight is 344 g/mol. The molecule has 6 heteroatoms. The fourth-order valence-electron chi connectivity index (χ4n) is 3.05. The summed E-state index contributed by atoms with van der Waals surface area (Å²) in [5.41, 5.74) is 1.98. The molecule has 3 rings (SSSR count). The number of aryl methyl sites for hydroxylation is 1. The molecule has 25 heavy (non-hydrogen) atoms. The molecule has 1 aliphatic rings. The largest absolute Gasteiger partial charge is 0.467 e. The van der Waals surface area contributed by atoms with Gasteiger partial charge >= 0.3 is 5.97 Å². The van der Waals surface area contributed by atoms with Gasteiger partial charge in [-0.25, -0.2) is 9.78 Å². The van der Waals surface area contributed by atoms with E-state index in [4.69, 9.17) is 18.9 Å². The van der Waals surface area contributed by atoms with Crippen LogP contribution in [0.5, 0.6) is 0 Å². The van der Waals surface area contributed by atoms with E-state index in [1.165, 1.54) is 7.11 Å². The van der Waals surface area contributed by atoms with Crippen LogP contribution in [0.2, 0.25) is 0 Å². The van der Waals surface area contributed by atoms with E-state index >= 15 is 0 Å². The molecule has 0 radical (unpaired) electrons. The number of carbonyl (C=O) groups is 1. The fourth-order valence-corrected chi connectivity index (χ4v) is 3.05. The van der Waals surface area contributed by atoms with Crippen molar-refractivity contribution in [1.29, 1.82) is 0 Å². The van der Waals surface area contributed by atoms with Gasteiger partial charge in [0.2, 0.25) is 5.89 Å². The van der Waals surface area contributed by atoms with Gasteiger partial charge in [0.05, 0.1) is 25.5 Å². The zero-order valence-electron chi connectivity index (χ0n) is 14.9. The summed E-state index contributed by atoms with van der Waals surface area (Å²) in [4.78, 5) is 18.6. The molecule has 2 unspecified atom stereocenters. The number of methoxy groups -OCH3 is 1. The number of oxazole rings is 1.